The molecular weight excluding hydrogens is 343 g/mol. The van der Waals surface area contributed by atoms with Crippen LogP contribution in [0.5, 0.6) is 0 Å². The van der Waals surface area contributed by atoms with Crippen molar-refractivity contribution in [2.45, 2.75) is 19.8 Å². The first-order valence-corrected chi connectivity index (χ1v) is 9.34. The first-order chi connectivity index (χ1) is 12.9. The lowest BCUT2D eigenvalue weighted by Crippen LogP contribution is -2.49. The van der Waals surface area contributed by atoms with Crippen LogP contribution in [0, 0.1) is 5.82 Å². The van der Waals surface area contributed by atoms with Crippen LogP contribution in [0.4, 0.5) is 4.39 Å². The van der Waals surface area contributed by atoms with Crippen molar-refractivity contribution in [1.82, 2.24) is 9.80 Å². The number of rotatable bonds is 5. The van der Waals surface area contributed by atoms with Crippen LogP contribution >= 0.6 is 0 Å². The summed E-state index contributed by atoms with van der Waals surface area (Å²) in [5.74, 6) is 0.102. The van der Waals surface area contributed by atoms with Crippen molar-refractivity contribution in [3.05, 3.63) is 71.0 Å². The molecule has 27 heavy (non-hydrogen) atoms. The van der Waals surface area contributed by atoms with Gasteiger partial charge in [0.1, 0.15) is 5.82 Å². The van der Waals surface area contributed by atoms with E-state index in [9.17, 15) is 14.0 Å². The predicted molar refractivity (Wildman–Crippen MR) is 104 cm³/mol. The maximum Gasteiger partial charge on any atom is 0.253 e. The molecule has 2 aromatic carbocycles. The maximum atomic E-state index is 13.0. The van der Waals surface area contributed by atoms with Gasteiger partial charge in [0.25, 0.3) is 5.91 Å². The Hall–Kier alpha value is -2.53. The second-order valence-electron chi connectivity index (χ2n) is 7.28. The molecule has 1 amide bonds. The van der Waals surface area contributed by atoms with Crippen LogP contribution in [0.2, 0.25) is 0 Å². The molecule has 0 saturated carbocycles. The number of piperazine rings is 1. The predicted octanol–water partition coefficient (Wildman–Crippen LogP) is 3.59. The van der Waals surface area contributed by atoms with Gasteiger partial charge >= 0.3 is 0 Å². The smallest absolute Gasteiger partial charge is 0.253 e. The third-order valence-electron chi connectivity index (χ3n) is 5.02. The summed E-state index contributed by atoms with van der Waals surface area (Å²) in [6.45, 7) is 7.05. The SMILES string of the molecule is CC(C)c1ccc(C(=O)N2CCN(CC(=O)c3ccc(F)cc3)CC2)cc1. The highest BCUT2D eigenvalue weighted by Gasteiger charge is 2.23. The van der Waals surface area contributed by atoms with Gasteiger partial charge in [0.05, 0.1) is 6.54 Å². The molecule has 0 atom stereocenters. The highest BCUT2D eigenvalue weighted by atomic mass is 19.1. The van der Waals surface area contributed by atoms with E-state index >= 15 is 0 Å². The van der Waals surface area contributed by atoms with Gasteiger partial charge in [-0.2, -0.15) is 0 Å². The van der Waals surface area contributed by atoms with Crippen LogP contribution in [0.1, 0.15) is 46.0 Å². The van der Waals surface area contributed by atoms with Crippen LogP contribution in [-0.4, -0.2) is 54.2 Å². The number of hydrogen-bond acceptors (Lipinski definition) is 3. The number of nitrogens with zero attached hydrogens (tertiary/aromatic N) is 2. The third-order valence-corrected chi connectivity index (χ3v) is 5.02. The molecule has 1 heterocycles. The first-order valence-electron chi connectivity index (χ1n) is 9.34. The molecule has 0 unspecified atom stereocenters. The molecule has 0 spiro atoms. The summed E-state index contributed by atoms with van der Waals surface area (Å²) in [5.41, 5.74) is 2.44. The van der Waals surface area contributed by atoms with E-state index in [0.29, 0.717) is 43.2 Å². The van der Waals surface area contributed by atoms with Gasteiger partial charge in [-0.1, -0.05) is 26.0 Å². The van der Waals surface area contributed by atoms with Crippen molar-refractivity contribution in [1.29, 1.82) is 0 Å². The number of carbonyl (C=O) groups is 2. The monoisotopic (exact) mass is 368 g/mol. The molecule has 0 aromatic heterocycles. The van der Waals surface area contributed by atoms with Crippen molar-refractivity contribution in [2.75, 3.05) is 32.7 Å². The lowest BCUT2D eigenvalue weighted by molar-refractivity contribution is 0.0624. The number of benzene rings is 2. The second-order valence-corrected chi connectivity index (χ2v) is 7.28. The Bertz CT molecular complexity index is 792. The molecule has 0 N–H and O–H groups in total. The van der Waals surface area contributed by atoms with Crippen molar-refractivity contribution >= 4 is 11.7 Å². The molecule has 1 fully saturated rings. The molecular formula is C22H25FN2O2. The number of halogens is 1. The lowest BCUT2D eigenvalue weighted by Gasteiger charge is -2.34. The third kappa shape index (κ3) is 4.80. The Kier molecular flexibility index (Phi) is 6.01. The summed E-state index contributed by atoms with van der Waals surface area (Å²) in [5, 5.41) is 0. The number of Topliss-reactive ketones (excluding diaryl/α,β-unsaturated/α-hetero) is 1. The van der Waals surface area contributed by atoms with E-state index in [-0.39, 0.29) is 24.1 Å². The topological polar surface area (TPSA) is 40.6 Å². The van der Waals surface area contributed by atoms with Gasteiger partial charge in [-0.05, 0) is 47.9 Å². The van der Waals surface area contributed by atoms with Crippen molar-refractivity contribution in [3.8, 4) is 0 Å². The maximum absolute atomic E-state index is 13.0. The average molecular weight is 368 g/mol. The Labute approximate surface area is 159 Å². The van der Waals surface area contributed by atoms with Gasteiger partial charge in [0, 0.05) is 37.3 Å². The summed E-state index contributed by atoms with van der Waals surface area (Å²) in [7, 11) is 0. The van der Waals surface area contributed by atoms with E-state index in [1.165, 1.54) is 29.8 Å². The number of ketones is 1. The number of hydrogen-bond donors (Lipinski definition) is 0. The molecule has 2 aromatic rings. The lowest BCUT2D eigenvalue weighted by atomic mass is 10.0. The van der Waals surface area contributed by atoms with Crippen LogP contribution in [0.3, 0.4) is 0 Å². The molecule has 0 bridgehead atoms. The van der Waals surface area contributed by atoms with Gasteiger partial charge in [-0.3, -0.25) is 14.5 Å². The number of amides is 1. The van der Waals surface area contributed by atoms with Gasteiger partial charge in [0.2, 0.25) is 0 Å². The van der Waals surface area contributed by atoms with Gasteiger partial charge < -0.3 is 4.90 Å². The zero-order chi connectivity index (χ0) is 19.4. The van der Waals surface area contributed by atoms with Gasteiger partial charge in [0.15, 0.2) is 5.78 Å². The molecule has 5 heteroatoms. The highest BCUT2D eigenvalue weighted by Crippen LogP contribution is 2.16. The van der Waals surface area contributed by atoms with Gasteiger partial charge in [-0.25, -0.2) is 4.39 Å². The molecule has 3 rings (SSSR count). The average Bonchev–Trinajstić information content (AvgIpc) is 2.68. The first kappa shape index (κ1) is 19.2. The fourth-order valence-electron chi connectivity index (χ4n) is 3.23. The molecule has 0 aliphatic carbocycles. The summed E-state index contributed by atoms with van der Waals surface area (Å²) in [6.07, 6.45) is 0. The Morgan fingerprint density at radius 2 is 1.44 bits per heavy atom. The minimum absolute atomic E-state index is 0.0287. The Morgan fingerprint density at radius 1 is 0.889 bits per heavy atom. The molecule has 142 valence electrons. The van der Waals surface area contributed by atoms with Crippen molar-refractivity contribution < 1.29 is 14.0 Å². The fourth-order valence-corrected chi connectivity index (χ4v) is 3.23. The van der Waals surface area contributed by atoms with E-state index in [1.807, 2.05) is 34.1 Å². The van der Waals surface area contributed by atoms with Crippen molar-refractivity contribution in [3.63, 3.8) is 0 Å². The van der Waals surface area contributed by atoms with Crippen LogP contribution in [-0.2, 0) is 0 Å². The summed E-state index contributed by atoms with van der Waals surface area (Å²) < 4.78 is 13.0. The normalized spacial score (nSPS) is 15.2. The van der Waals surface area contributed by atoms with Gasteiger partial charge in [-0.15, -0.1) is 0 Å². The van der Waals surface area contributed by atoms with E-state index in [1.54, 1.807) is 0 Å². The number of carbonyl (C=O) groups excluding carboxylic acids is 2. The molecule has 1 aliphatic heterocycles. The highest BCUT2D eigenvalue weighted by molar-refractivity contribution is 5.97. The Balaban J connectivity index is 1.53. The fraction of sp³-hybridized carbons (Fsp3) is 0.364. The molecule has 4 nitrogen and oxygen atoms in total. The van der Waals surface area contributed by atoms with Crippen LogP contribution in [0.25, 0.3) is 0 Å². The zero-order valence-corrected chi connectivity index (χ0v) is 15.8. The van der Waals surface area contributed by atoms with E-state index < -0.39 is 0 Å². The standard InChI is InChI=1S/C22H25FN2O2/c1-16(2)17-3-5-19(6-4-17)22(27)25-13-11-24(12-14-25)15-21(26)18-7-9-20(23)10-8-18/h3-10,16H,11-15H2,1-2H3. The van der Waals surface area contributed by atoms with Crippen LogP contribution < -0.4 is 0 Å². The van der Waals surface area contributed by atoms with Crippen LogP contribution in [0.15, 0.2) is 48.5 Å². The molecule has 1 aliphatic rings. The van der Waals surface area contributed by atoms with E-state index in [0.717, 1.165) is 0 Å². The second kappa shape index (κ2) is 8.44. The molecule has 0 radical (unpaired) electrons. The quantitative estimate of drug-likeness (QED) is 0.758. The largest absolute Gasteiger partial charge is 0.336 e. The molecule has 1 saturated heterocycles. The zero-order valence-electron chi connectivity index (χ0n) is 15.8. The summed E-state index contributed by atoms with van der Waals surface area (Å²) in [4.78, 5) is 28.8. The van der Waals surface area contributed by atoms with Crippen molar-refractivity contribution in [2.24, 2.45) is 0 Å². The van der Waals surface area contributed by atoms with E-state index in [2.05, 4.69) is 13.8 Å². The Morgan fingerprint density at radius 3 is 2.00 bits per heavy atom. The minimum Gasteiger partial charge on any atom is -0.336 e. The minimum atomic E-state index is -0.347. The summed E-state index contributed by atoms with van der Waals surface area (Å²) in [6, 6.07) is 13.4. The summed E-state index contributed by atoms with van der Waals surface area (Å²) >= 11 is 0. The van der Waals surface area contributed by atoms with E-state index in [4.69, 9.17) is 0 Å².